The summed E-state index contributed by atoms with van der Waals surface area (Å²) in [5, 5.41) is 0. The topological polar surface area (TPSA) is 53.7 Å². The van der Waals surface area contributed by atoms with Crippen LogP contribution >= 0.6 is 0 Å². The zero-order chi connectivity index (χ0) is 10.6. The van der Waals surface area contributed by atoms with Crippen LogP contribution in [0, 0.1) is 0 Å². The van der Waals surface area contributed by atoms with E-state index in [9.17, 15) is 0 Å². The molecule has 0 aliphatic rings. The van der Waals surface area contributed by atoms with Gasteiger partial charge in [-0.15, -0.1) is 0 Å². The van der Waals surface area contributed by atoms with Gasteiger partial charge in [0.25, 0.3) is 0 Å². The normalized spacial score (nSPS) is 13.1. The lowest BCUT2D eigenvalue weighted by atomic mass is 10.5. The Labute approximate surface area is 88.6 Å². The first-order chi connectivity index (χ1) is 6.85. The highest BCUT2D eigenvalue weighted by atomic mass is 28.3. The first-order valence-electron chi connectivity index (χ1n) is 5.27. The summed E-state index contributed by atoms with van der Waals surface area (Å²) < 4.78 is 16.1. The van der Waals surface area contributed by atoms with E-state index in [4.69, 9.17) is 19.3 Å². The molecule has 2 N–H and O–H groups in total. The van der Waals surface area contributed by atoms with Gasteiger partial charge in [0, 0.05) is 26.9 Å². The molecule has 0 amide bonds. The van der Waals surface area contributed by atoms with Crippen molar-refractivity contribution in [3.05, 3.63) is 0 Å². The molecule has 0 saturated carbocycles. The number of rotatable bonds is 10. The molecule has 0 aliphatic carbocycles. The van der Waals surface area contributed by atoms with Crippen LogP contribution in [0.5, 0.6) is 0 Å². The Morgan fingerprint density at radius 1 is 1.21 bits per heavy atom. The zero-order valence-electron chi connectivity index (χ0n) is 9.33. The molecule has 86 valence electrons. The van der Waals surface area contributed by atoms with Gasteiger partial charge in [0.1, 0.15) is 0 Å². The van der Waals surface area contributed by atoms with Crippen molar-refractivity contribution in [3.8, 4) is 0 Å². The smallest absolute Gasteiger partial charge is 0.321 e. The Balaban J connectivity index is 3.24. The second-order valence-electron chi connectivity index (χ2n) is 3.02. The van der Waals surface area contributed by atoms with Gasteiger partial charge in [-0.2, -0.15) is 0 Å². The van der Waals surface area contributed by atoms with Gasteiger partial charge in [0.2, 0.25) is 0 Å². The van der Waals surface area contributed by atoms with Gasteiger partial charge in [-0.05, 0) is 32.4 Å². The van der Waals surface area contributed by atoms with Crippen LogP contribution in [-0.4, -0.2) is 42.8 Å². The van der Waals surface area contributed by atoms with Crippen molar-refractivity contribution in [3.63, 3.8) is 0 Å². The molecule has 4 nitrogen and oxygen atoms in total. The van der Waals surface area contributed by atoms with E-state index in [-0.39, 0.29) is 0 Å². The van der Waals surface area contributed by atoms with E-state index in [1.807, 2.05) is 6.92 Å². The largest absolute Gasteiger partial charge is 0.400 e. The highest BCUT2D eigenvalue weighted by molar-refractivity contribution is 6.44. The predicted molar refractivity (Wildman–Crippen MR) is 59.7 cm³/mol. The zero-order valence-corrected chi connectivity index (χ0v) is 10.5. The van der Waals surface area contributed by atoms with Crippen molar-refractivity contribution in [2.24, 2.45) is 5.73 Å². The lowest BCUT2D eigenvalue weighted by molar-refractivity contribution is 0.124. The standard InChI is InChI=1S/C9H23NO3Si/c1-3-12-7-5-8-13-14(11-2)9-4-6-10/h14H,3-10H2,1-2H3. The Hall–Kier alpha value is 0.0569. The summed E-state index contributed by atoms with van der Waals surface area (Å²) in [6.07, 6.45) is 1.94. The number of nitrogens with two attached hydrogens (primary N) is 1. The summed E-state index contributed by atoms with van der Waals surface area (Å²) in [7, 11) is 0.301. The third-order valence-electron chi connectivity index (χ3n) is 1.85. The van der Waals surface area contributed by atoms with Crippen molar-refractivity contribution in [1.82, 2.24) is 0 Å². The molecule has 0 aromatic rings. The molecule has 0 aromatic heterocycles. The minimum atomic E-state index is -1.42. The highest BCUT2D eigenvalue weighted by Crippen LogP contribution is 2.00. The quantitative estimate of drug-likeness (QED) is 0.434. The molecular weight excluding hydrogens is 198 g/mol. The minimum Gasteiger partial charge on any atom is -0.400 e. The van der Waals surface area contributed by atoms with Crippen molar-refractivity contribution in [2.75, 3.05) is 33.5 Å². The molecule has 0 fully saturated rings. The summed E-state index contributed by atoms with van der Waals surface area (Å²) in [6, 6.07) is 1.00. The number of ether oxygens (including phenoxy) is 1. The van der Waals surface area contributed by atoms with Crippen LogP contribution in [0.15, 0.2) is 0 Å². The van der Waals surface area contributed by atoms with Crippen molar-refractivity contribution < 1.29 is 13.6 Å². The molecule has 14 heavy (non-hydrogen) atoms. The lowest BCUT2D eigenvalue weighted by Crippen LogP contribution is -2.23. The summed E-state index contributed by atoms with van der Waals surface area (Å²) in [5.41, 5.74) is 5.42. The molecule has 0 saturated heterocycles. The minimum absolute atomic E-state index is 0.717. The molecule has 1 unspecified atom stereocenters. The molecule has 0 heterocycles. The molecule has 1 atom stereocenters. The van der Waals surface area contributed by atoms with Gasteiger partial charge >= 0.3 is 9.28 Å². The van der Waals surface area contributed by atoms with Crippen LogP contribution in [0.1, 0.15) is 19.8 Å². The Kier molecular flexibility index (Phi) is 11.2. The van der Waals surface area contributed by atoms with E-state index in [1.165, 1.54) is 0 Å². The van der Waals surface area contributed by atoms with Gasteiger partial charge in [0.05, 0.1) is 0 Å². The van der Waals surface area contributed by atoms with Crippen molar-refractivity contribution >= 4 is 9.28 Å². The third-order valence-corrected chi connectivity index (χ3v) is 3.86. The maximum absolute atomic E-state index is 5.62. The first-order valence-corrected chi connectivity index (χ1v) is 7.03. The van der Waals surface area contributed by atoms with E-state index >= 15 is 0 Å². The van der Waals surface area contributed by atoms with Crippen LogP contribution < -0.4 is 5.73 Å². The molecule has 0 radical (unpaired) electrons. The fraction of sp³-hybridized carbons (Fsp3) is 1.00. The molecule has 0 spiro atoms. The van der Waals surface area contributed by atoms with E-state index in [0.717, 1.165) is 45.3 Å². The summed E-state index contributed by atoms with van der Waals surface area (Å²) in [6.45, 7) is 5.01. The van der Waals surface area contributed by atoms with Crippen LogP contribution in [0.25, 0.3) is 0 Å². The highest BCUT2D eigenvalue weighted by Gasteiger charge is 2.09. The fourth-order valence-electron chi connectivity index (χ4n) is 1.07. The van der Waals surface area contributed by atoms with Crippen molar-refractivity contribution in [1.29, 1.82) is 0 Å². The third kappa shape index (κ3) is 8.65. The van der Waals surface area contributed by atoms with Crippen LogP contribution in [0.4, 0.5) is 0 Å². The number of hydrogen-bond acceptors (Lipinski definition) is 4. The summed E-state index contributed by atoms with van der Waals surface area (Å²) in [4.78, 5) is 0. The Morgan fingerprint density at radius 3 is 2.57 bits per heavy atom. The summed E-state index contributed by atoms with van der Waals surface area (Å²) >= 11 is 0. The summed E-state index contributed by atoms with van der Waals surface area (Å²) in [5.74, 6) is 0. The fourth-order valence-corrected chi connectivity index (χ4v) is 2.61. The average Bonchev–Trinajstić information content (AvgIpc) is 2.22. The Bertz CT molecular complexity index is 116. The van der Waals surface area contributed by atoms with Gasteiger partial charge in [-0.1, -0.05) is 0 Å². The number of hydrogen-bond donors (Lipinski definition) is 1. The van der Waals surface area contributed by atoms with Gasteiger partial charge in [-0.25, -0.2) is 0 Å². The van der Waals surface area contributed by atoms with E-state index < -0.39 is 9.28 Å². The van der Waals surface area contributed by atoms with Crippen LogP contribution in [0.3, 0.4) is 0 Å². The monoisotopic (exact) mass is 221 g/mol. The SMILES string of the molecule is CCOCCCO[SiH](CCCN)OC. The van der Waals surface area contributed by atoms with E-state index in [2.05, 4.69) is 0 Å². The van der Waals surface area contributed by atoms with Crippen molar-refractivity contribution in [2.45, 2.75) is 25.8 Å². The second kappa shape index (κ2) is 11.1. The average molecular weight is 221 g/mol. The molecule has 0 aromatic carbocycles. The van der Waals surface area contributed by atoms with E-state index in [0.29, 0.717) is 0 Å². The van der Waals surface area contributed by atoms with Crippen LogP contribution in [-0.2, 0) is 13.6 Å². The van der Waals surface area contributed by atoms with Crippen LogP contribution in [0.2, 0.25) is 6.04 Å². The first kappa shape index (κ1) is 14.1. The maximum atomic E-state index is 5.62. The predicted octanol–water partition coefficient (Wildman–Crippen LogP) is 0.645. The molecule has 0 bridgehead atoms. The second-order valence-corrected chi connectivity index (χ2v) is 5.26. The molecule has 0 aliphatic heterocycles. The molecule has 5 heteroatoms. The van der Waals surface area contributed by atoms with Gasteiger partial charge in [0.15, 0.2) is 0 Å². The van der Waals surface area contributed by atoms with Gasteiger partial charge in [-0.3, -0.25) is 0 Å². The lowest BCUT2D eigenvalue weighted by Gasteiger charge is -2.13. The van der Waals surface area contributed by atoms with Gasteiger partial charge < -0.3 is 19.3 Å². The Morgan fingerprint density at radius 2 is 2.00 bits per heavy atom. The van der Waals surface area contributed by atoms with E-state index in [1.54, 1.807) is 7.11 Å². The molecular formula is C9H23NO3Si. The molecule has 0 rings (SSSR count). The maximum Gasteiger partial charge on any atom is 0.321 e.